The van der Waals surface area contributed by atoms with Crippen LogP contribution in [0.15, 0.2) is 60.7 Å². The third kappa shape index (κ3) is 3.63. The maximum Gasteiger partial charge on any atom is 0.355 e. The molecule has 2 N–H and O–H groups in total. The van der Waals surface area contributed by atoms with Crippen LogP contribution in [0.4, 0.5) is 0 Å². The molecule has 3 aromatic rings. The summed E-state index contributed by atoms with van der Waals surface area (Å²) in [5, 5.41) is 3.68. The SMILES string of the molecule is C[C@H](OC(=O)c1cc2ccccc2[nH]1)C(=O)NCc1ccccc1. The van der Waals surface area contributed by atoms with Gasteiger partial charge in [0.05, 0.1) is 0 Å². The average molecular weight is 322 g/mol. The molecule has 5 nitrogen and oxygen atoms in total. The van der Waals surface area contributed by atoms with Gasteiger partial charge >= 0.3 is 5.97 Å². The minimum Gasteiger partial charge on any atom is -0.448 e. The molecule has 1 amide bonds. The molecule has 122 valence electrons. The fraction of sp³-hybridized carbons (Fsp3) is 0.158. The number of fused-ring (bicyclic) bond motifs is 1. The number of nitrogens with one attached hydrogen (secondary N) is 2. The molecular formula is C19H18N2O3. The first-order chi connectivity index (χ1) is 11.6. The lowest BCUT2D eigenvalue weighted by atomic mass is 10.2. The lowest BCUT2D eigenvalue weighted by molar-refractivity contribution is -0.129. The highest BCUT2D eigenvalue weighted by atomic mass is 16.5. The van der Waals surface area contributed by atoms with Crippen LogP contribution in [-0.2, 0) is 16.1 Å². The Labute approximate surface area is 139 Å². The van der Waals surface area contributed by atoms with Gasteiger partial charge in [-0.1, -0.05) is 48.5 Å². The molecule has 1 aromatic heterocycles. The third-order valence-corrected chi connectivity index (χ3v) is 3.71. The molecule has 1 atom stereocenters. The van der Waals surface area contributed by atoms with Crippen LogP contribution in [0.1, 0.15) is 23.0 Å². The van der Waals surface area contributed by atoms with Gasteiger partial charge < -0.3 is 15.0 Å². The van der Waals surface area contributed by atoms with E-state index in [1.54, 1.807) is 13.0 Å². The monoisotopic (exact) mass is 322 g/mol. The van der Waals surface area contributed by atoms with Gasteiger partial charge in [-0.2, -0.15) is 0 Å². The Morgan fingerprint density at radius 2 is 1.79 bits per heavy atom. The average Bonchev–Trinajstić information content (AvgIpc) is 3.04. The Morgan fingerprint density at radius 1 is 1.08 bits per heavy atom. The van der Waals surface area contributed by atoms with Crippen molar-refractivity contribution in [3.8, 4) is 0 Å². The summed E-state index contributed by atoms with van der Waals surface area (Å²) in [6, 6.07) is 18.8. The molecule has 0 spiro atoms. The van der Waals surface area contributed by atoms with Crippen molar-refractivity contribution in [1.29, 1.82) is 0 Å². The van der Waals surface area contributed by atoms with Crippen molar-refractivity contribution < 1.29 is 14.3 Å². The van der Waals surface area contributed by atoms with E-state index < -0.39 is 12.1 Å². The van der Waals surface area contributed by atoms with Crippen LogP contribution in [0, 0.1) is 0 Å². The van der Waals surface area contributed by atoms with Crippen LogP contribution >= 0.6 is 0 Å². The van der Waals surface area contributed by atoms with Crippen molar-refractivity contribution in [3.05, 3.63) is 71.9 Å². The number of hydrogen-bond acceptors (Lipinski definition) is 3. The second-order valence-electron chi connectivity index (χ2n) is 5.52. The van der Waals surface area contributed by atoms with Crippen LogP contribution in [0.3, 0.4) is 0 Å². The number of esters is 1. The van der Waals surface area contributed by atoms with E-state index in [0.29, 0.717) is 12.2 Å². The molecule has 0 saturated carbocycles. The normalized spacial score (nSPS) is 11.9. The number of rotatable bonds is 5. The van der Waals surface area contributed by atoms with E-state index in [1.807, 2.05) is 54.6 Å². The molecule has 3 rings (SSSR count). The maximum atomic E-state index is 12.2. The zero-order valence-electron chi connectivity index (χ0n) is 13.3. The first-order valence-electron chi connectivity index (χ1n) is 7.74. The van der Waals surface area contributed by atoms with E-state index in [2.05, 4.69) is 10.3 Å². The Kier molecular flexibility index (Phi) is 4.61. The van der Waals surface area contributed by atoms with E-state index >= 15 is 0 Å². The molecule has 0 radical (unpaired) electrons. The highest BCUT2D eigenvalue weighted by molar-refractivity contribution is 5.96. The van der Waals surface area contributed by atoms with Crippen molar-refractivity contribution in [2.45, 2.75) is 19.6 Å². The summed E-state index contributed by atoms with van der Waals surface area (Å²) < 4.78 is 5.23. The Bertz CT molecular complexity index is 822. The summed E-state index contributed by atoms with van der Waals surface area (Å²) in [5.41, 5.74) is 2.17. The van der Waals surface area contributed by atoms with E-state index in [0.717, 1.165) is 16.5 Å². The van der Waals surface area contributed by atoms with Gasteiger partial charge in [-0.3, -0.25) is 4.79 Å². The fourth-order valence-electron chi connectivity index (χ4n) is 2.39. The standard InChI is InChI=1S/C19H18N2O3/c1-13(18(22)20-12-14-7-3-2-4-8-14)24-19(23)17-11-15-9-5-6-10-16(15)21-17/h2-11,13,21H,12H2,1H3,(H,20,22)/t13-/m0/s1. The summed E-state index contributed by atoms with van der Waals surface area (Å²) in [6.45, 7) is 1.95. The van der Waals surface area contributed by atoms with Crippen molar-refractivity contribution in [2.24, 2.45) is 0 Å². The first kappa shape index (κ1) is 15.8. The molecule has 0 aliphatic heterocycles. The van der Waals surface area contributed by atoms with Gasteiger partial charge in [-0.05, 0) is 24.6 Å². The largest absolute Gasteiger partial charge is 0.448 e. The predicted octanol–water partition coefficient (Wildman–Crippen LogP) is 3.03. The molecular weight excluding hydrogens is 304 g/mol. The number of aromatic amines is 1. The smallest absolute Gasteiger partial charge is 0.355 e. The lowest BCUT2D eigenvalue weighted by Crippen LogP contribution is -2.35. The highest BCUT2D eigenvalue weighted by Gasteiger charge is 2.19. The maximum absolute atomic E-state index is 12.2. The van der Waals surface area contributed by atoms with Crippen molar-refractivity contribution in [1.82, 2.24) is 10.3 Å². The molecule has 2 aromatic carbocycles. The summed E-state index contributed by atoms with van der Waals surface area (Å²) in [6.07, 6.45) is -0.868. The highest BCUT2D eigenvalue weighted by Crippen LogP contribution is 2.15. The Morgan fingerprint density at radius 3 is 2.54 bits per heavy atom. The van der Waals surface area contributed by atoms with Gasteiger partial charge in [-0.25, -0.2) is 4.79 Å². The van der Waals surface area contributed by atoms with Crippen molar-refractivity contribution >= 4 is 22.8 Å². The number of aromatic nitrogens is 1. The minimum absolute atomic E-state index is 0.330. The molecule has 0 aliphatic carbocycles. The third-order valence-electron chi connectivity index (χ3n) is 3.71. The molecule has 5 heteroatoms. The minimum atomic E-state index is -0.868. The topological polar surface area (TPSA) is 71.2 Å². The molecule has 24 heavy (non-hydrogen) atoms. The second-order valence-corrected chi connectivity index (χ2v) is 5.52. The van der Waals surface area contributed by atoms with E-state index in [4.69, 9.17) is 4.74 Å². The van der Waals surface area contributed by atoms with Gasteiger partial charge in [0.2, 0.25) is 0 Å². The van der Waals surface area contributed by atoms with Crippen molar-refractivity contribution in [3.63, 3.8) is 0 Å². The van der Waals surface area contributed by atoms with Crippen molar-refractivity contribution in [2.75, 3.05) is 0 Å². The molecule has 1 heterocycles. The number of carbonyl (C=O) groups excluding carboxylic acids is 2. The Balaban J connectivity index is 1.58. The molecule has 0 aliphatic rings. The summed E-state index contributed by atoms with van der Waals surface area (Å²) in [5.74, 6) is -0.878. The van der Waals surface area contributed by atoms with Gasteiger partial charge in [-0.15, -0.1) is 0 Å². The lowest BCUT2D eigenvalue weighted by Gasteiger charge is -2.13. The molecule has 0 bridgehead atoms. The Hall–Kier alpha value is -3.08. The van der Waals surface area contributed by atoms with Crippen LogP contribution in [-0.4, -0.2) is 23.0 Å². The fourth-order valence-corrected chi connectivity index (χ4v) is 2.39. The van der Waals surface area contributed by atoms with E-state index in [-0.39, 0.29) is 5.91 Å². The second kappa shape index (κ2) is 7.00. The predicted molar refractivity (Wildman–Crippen MR) is 91.5 cm³/mol. The zero-order valence-corrected chi connectivity index (χ0v) is 13.3. The van der Waals surface area contributed by atoms with Crippen LogP contribution < -0.4 is 5.32 Å². The van der Waals surface area contributed by atoms with E-state index in [9.17, 15) is 9.59 Å². The summed E-state index contributed by atoms with van der Waals surface area (Å²) in [4.78, 5) is 27.2. The molecule has 0 saturated heterocycles. The quantitative estimate of drug-likeness (QED) is 0.709. The molecule has 0 unspecified atom stereocenters. The van der Waals surface area contributed by atoms with Crippen LogP contribution in [0.2, 0.25) is 0 Å². The number of amides is 1. The summed E-state index contributed by atoms with van der Waals surface area (Å²) >= 11 is 0. The number of H-pyrrole nitrogens is 1. The van der Waals surface area contributed by atoms with Crippen LogP contribution in [0.25, 0.3) is 10.9 Å². The first-order valence-corrected chi connectivity index (χ1v) is 7.74. The number of para-hydroxylation sites is 1. The van der Waals surface area contributed by atoms with Gasteiger partial charge in [0.15, 0.2) is 6.10 Å². The van der Waals surface area contributed by atoms with Gasteiger partial charge in [0.25, 0.3) is 5.91 Å². The van der Waals surface area contributed by atoms with Gasteiger partial charge in [0.1, 0.15) is 5.69 Å². The van der Waals surface area contributed by atoms with Gasteiger partial charge in [0, 0.05) is 17.4 Å². The number of hydrogen-bond donors (Lipinski definition) is 2. The van der Waals surface area contributed by atoms with E-state index in [1.165, 1.54) is 0 Å². The summed E-state index contributed by atoms with van der Waals surface area (Å²) in [7, 11) is 0. The number of ether oxygens (including phenoxy) is 1. The van der Waals surface area contributed by atoms with Crippen LogP contribution in [0.5, 0.6) is 0 Å². The molecule has 0 fully saturated rings. The number of carbonyl (C=O) groups is 2. The number of benzene rings is 2. The zero-order chi connectivity index (χ0) is 16.9.